The van der Waals surface area contributed by atoms with Gasteiger partial charge in [-0.15, -0.1) is 5.10 Å². The molecule has 0 saturated carbocycles. The van der Waals surface area contributed by atoms with Crippen LogP contribution in [0, 0.1) is 0 Å². The van der Waals surface area contributed by atoms with E-state index in [1.54, 1.807) is 0 Å². The highest BCUT2D eigenvalue weighted by molar-refractivity contribution is 5.56. The van der Waals surface area contributed by atoms with Crippen LogP contribution < -0.4 is 0 Å². The molecular weight excluding hydrogens is 138 g/mol. The number of rotatable bonds is 1. The van der Waals surface area contributed by atoms with Gasteiger partial charge >= 0.3 is 0 Å². The first-order valence-corrected chi connectivity index (χ1v) is 3.31. The fraction of sp³-hybridized carbons (Fsp3) is 0. The van der Waals surface area contributed by atoms with Crippen LogP contribution in [0.5, 0.6) is 0 Å². The molecule has 0 amide bonds. The number of benzene rings is 1. The van der Waals surface area contributed by atoms with Crippen molar-refractivity contribution < 1.29 is 1.37 Å². The summed E-state index contributed by atoms with van der Waals surface area (Å²) < 4.78 is 7.38. The second-order valence-electron chi connectivity index (χ2n) is 2.16. The number of hydrogen-bond donors (Lipinski definition) is 1. The number of aromatic nitrogens is 3. The summed E-state index contributed by atoms with van der Waals surface area (Å²) in [6.07, 6.45) is 0.182. The van der Waals surface area contributed by atoms with Crippen LogP contribution in [0.2, 0.25) is 0 Å². The molecule has 3 heteroatoms. The molecule has 0 unspecified atom stereocenters. The summed E-state index contributed by atoms with van der Waals surface area (Å²) in [6.45, 7) is 0. The van der Waals surface area contributed by atoms with Gasteiger partial charge in [-0.3, -0.25) is 5.10 Å². The number of hydrogen-bond acceptors (Lipinski definition) is 2. The van der Waals surface area contributed by atoms with Gasteiger partial charge in [-0.25, -0.2) is 0 Å². The van der Waals surface area contributed by atoms with E-state index >= 15 is 0 Å². The summed E-state index contributed by atoms with van der Waals surface area (Å²) in [5.41, 5.74) is 1.60. The molecule has 54 valence electrons. The molecule has 2 rings (SSSR count). The van der Waals surface area contributed by atoms with E-state index in [1.807, 2.05) is 30.3 Å². The molecule has 0 atom stereocenters. The average Bonchev–Trinajstić information content (AvgIpc) is 2.53. The lowest BCUT2D eigenvalue weighted by Crippen LogP contribution is -1.75. The number of aromatic amines is 1. The van der Waals surface area contributed by atoms with Gasteiger partial charge < -0.3 is 0 Å². The van der Waals surface area contributed by atoms with E-state index in [2.05, 4.69) is 15.4 Å². The topological polar surface area (TPSA) is 41.6 Å². The van der Waals surface area contributed by atoms with Gasteiger partial charge in [-0.05, 0) is 0 Å². The Balaban J connectivity index is 2.51. The van der Waals surface area contributed by atoms with Gasteiger partial charge in [-0.2, -0.15) is 0 Å². The normalized spacial score (nSPS) is 11.1. The Kier molecular flexibility index (Phi) is 1.17. The Morgan fingerprint density at radius 3 is 2.73 bits per heavy atom. The Morgan fingerprint density at radius 2 is 2.09 bits per heavy atom. The zero-order valence-electron chi connectivity index (χ0n) is 6.78. The van der Waals surface area contributed by atoms with Gasteiger partial charge in [0.05, 0.1) is 13.2 Å². The average molecular weight is 146 g/mol. The second-order valence-corrected chi connectivity index (χ2v) is 2.16. The standard InChI is InChI=1S/C8H7N3/c1-2-4-7(5-3-1)8-6-9-11-10-8/h1-6H,(H,9,10,11)/i6D. The maximum Gasteiger partial charge on any atom is 0.0884 e. The van der Waals surface area contributed by atoms with Crippen molar-refractivity contribution in [2.24, 2.45) is 0 Å². The van der Waals surface area contributed by atoms with Gasteiger partial charge in [0.15, 0.2) is 0 Å². The van der Waals surface area contributed by atoms with E-state index in [0.717, 1.165) is 5.56 Å². The molecule has 0 aliphatic rings. The molecule has 1 aromatic carbocycles. The zero-order valence-corrected chi connectivity index (χ0v) is 5.78. The molecule has 11 heavy (non-hydrogen) atoms. The maximum atomic E-state index is 7.38. The number of nitrogens with one attached hydrogen (secondary N) is 1. The van der Waals surface area contributed by atoms with Gasteiger partial charge in [0.1, 0.15) is 0 Å². The predicted octanol–water partition coefficient (Wildman–Crippen LogP) is 1.47. The first kappa shape index (κ1) is 5.07. The number of nitrogens with zero attached hydrogens (tertiary/aromatic N) is 2. The SMILES string of the molecule is [2H]c1nn[nH]c1-c1ccccc1. The summed E-state index contributed by atoms with van der Waals surface area (Å²) >= 11 is 0. The second kappa shape index (κ2) is 2.54. The van der Waals surface area contributed by atoms with Crippen LogP contribution in [0.4, 0.5) is 0 Å². The van der Waals surface area contributed by atoms with E-state index in [4.69, 9.17) is 1.37 Å². The molecule has 1 heterocycles. The van der Waals surface area contributed by atoms with Gasteiger partial charge in [0, 0.05) is 5.56 Å². The van der Waals surface area contributed by atoms with Gasteiger partial charge in [0.25, 0.3) is 0 Å². The highest BCUT2D eigenvalue weighted by Crippen LogP contribution is 2.12. The van der Waals surface area contributed by atoms with Crippen LogP contribution in [0.1, 0.15) is 1.37 Å². The molecule has 1 N–H and O–H groups in total. The molecule has 0 aliphatic carbocycles. The Bertz CT molecular complexity index is 369. The van der Waals surface area contributed by atoms with Crippen molar-refractivity contribution in [3.05, 3.63) is 36.5 Å². The van der Waals surface area contributed by atoms with Crippen molar-refractivity contribution >= 4 is 0 Å². The minimum Gasteiger partial charge on any atom is -0.258 e. The lowest BCUT2D eigenvalue weighted by atomic mass is 10.2. The molecule has 0 bridgehead atoms. The third-order valence-corrected chi connectivity index (χ3v) is 1.44. The molecular formula is C8H7N3. The lowest BCUT2D eigenvalue weighted by Gasteiger charge is -1.92. The fourth-order valence-electron chi connectivity index (χ4n) is 0.909. The molecule has 2 aromatic rings. The lowest BCUT2D eigenvalue weighted by molar-refractivity contribution is 0.942. The zero-order chi connectivity index (χ0) is 8.39. The predicted molar refractivity (Wildman–Crippen MR) is 41.8 cm³/mol. The summed E-state index contributed by atoms with van der Waals surface area (Å²) in [5.74, 6) is 0. The van der Waals surface area contributed by atoms with Crippen molar-refractivity contribution in [3.63, 3.8) is 0 Å². The van der Waals surface area contributed by atoms with Crippen LogP contribution in [0.3, 0.4) is 0 Å². The van der Waals surface area contributed by atoms with E-state index in [9.17, 15) is 0 Å². The van der Waals surface area contributed by atoms with Crippen molar-refractivity contribution in [3.8, 4) is 11.3 Å². The molecule has 0 radical (unpaired) electrons. The Morgan fingerprint density at radius 1 is 1.27 bits per heavy atom. The van der Waals surface area contributed by atoms with E-state index in [0.29, 0.717) is 5.69 Å². The molecule has 0 saturated heterocycles. The van der Waals surface area contributed by atoms with Gasteiger partial charge in [-0.1, -0.05) is 35.5 Å². The maximum absolute atomic E-state index is 7.38. The Hall–Kier alpha value is -1.64. The van der Waals surface area contributed by atoms with E-state index < -0.39 is 0 Å². The molecule has 0 aliphatic heterocycles. The minimum absolute atomic E-state index is 0.182. The summed E-state index contributed by atoms with van der Waals surface area (Å²) in [6, 6.07) is 9.57. The minimum atomic E-state index is 0.182. The first-order chi connectivity index (χ1) is 5.88. The highest BCUT2D eigenvalue weighted by atomic mass is 15.3. The van der Waals surface area contributed by atoms with Crippen LogP contribution in [0.25, 0.3) is 11.3 Å². The largest absolute Gasteiger partial charge is 0.258 e. The summed E-state index contributed by atoms with van der Waals surface area (Å²) in [5, 5.41) is 9.76. The van der Waals surface area contributed by atoms with Crippen LogP contribution in [-0.4, -0.2) is 15.4 Å². The Labute approximate surface area is 65.5 Å². The third kappa shape index (κ3) is 1.12. The molecule has 0 spiro atoms. The molecule has 0 fully saturated rings. The summed E-state index contributed by atoms with van der Waals surface area (Å²) in [7, 11) is 0. The van der Waals surface area contributed by atoms with Crippen molar-refractivity contribution in [1.29, 1.82) is 0 Å². The van der Waals surface area contributed by atoms with Gasteiger partial charge in [0.2, 0.25) is 0 Å². The molecule has 1 aromatic heterocycles. The smallest absolute Gasteiger partial charge is 0.0884 e. The fourth-order valence-corrected chi connectivity index (χ4v) is 0.909. The van der Waals surface area contributed by atoms with Crippen molar-refractivity contribution in [2.75, 3.05) is 0 Å². The van der Waals surface area contributed by atoms with Crippen LogP contribution >= 0.6 is 0 Å². The van der Waals surface area contributed by atoms with E-state index in [-0.39, 0.29) is 6.17 Å². The highest BCUT2D eigenvalue weighted by Gasteiger charge is 1.95. The monoisotopic (exact) mass is 146 g/mol. The summed E-state index contributed by atoms with van der Waals surface area (Å²) in [4.78, 5) is 0. The van der Waals surface area contributed by atoms with Crippen LogP contribution in [-0.2, 0) is 0 Å². The third-order valence-electron chi connectivity index (χ3n) is 1.44. The van der Waals surface area contributed by atoms with Crippen molar-refractivity contribution in [2.45, 2.75) is 0 Å². The quantitative estimate of drug-likeness (QED) is 0.661. The first-order valence-electron chi connectivity index (χ1n) is 3.81. The molecule has 3 nitrogen and oxygen atoms in total. The van der Waals surface area contributed by atoms with Crippen LogP contribution in [0.15, 0.2) is 36.5 Å². The van der Waals surface area contributed by atoms with E-state index in [1.165, 1.54) is 0 Å². The number of H-pyrrole nitrogens is 1. The van der Waals surface area contributed by atoms with Crippen molar-refractivity contribution in [1.82, 2.24) is 15.4 Å².